The number of rotatable bonds is 7. The van der Waals surface area contributed by atoms with E-state index in [4.69, 9.17) is 0 Å². The van der Waals surface area contributed by atoms with Gasteiger partial charge >= 0.3 is 0 Å². The Kier molecular flexibility index (Phi) is 6.87. The summed E-state index contributed by atoms with van der Waals surface area (Å²) >= 11 is 0. The van der Waals surface area contributed by atoms with E-state index in [0.717, 1.165) is 5.69 Å². The van der Waals surface area contributed by atoms with Crippen molar-refractivity contribution in [1.82, 2.24) is 9.62 Å². The molecule has 2 aromatic carbocycles. The number of hydrogen-bond acceptors (Lipinski definition) is 4. The van der Waals surface area contributed by atoms with Gasteiger partial charge in [-0.15, -0.1) is 0 Å². The molecule has 156 valence electrons. The zero-order valence-electron chi connectivity index (χ0n) is 16.5. The van der Waals surface area contributed by atoms with Gasteiger partial charge in [0.2, 0.25) is 10.0 Å². The highest BCUT2D eigenvalue weighted by Gasteiger charge is 2.26. The number of piperazine rings is 1. The Labute approximate surface area is 171 Å². The van der Waals surface area contributed by atoms with E-state index in [0.29, 0.717) is 26.2 Å². The molecule has 6 nitrogen and oxygen atoms in total. The zero-order chi connectivity index (χ0) is 20.9. The molecule has 0 spiro atoms. The molecule has 1 heterocycles. The van der Waals surface area contributed by atoms with E-state index >= 15 is 0 Å². The van der Waals surface area contributed by atoms with Gasteiger partial charge in [-0.2, -0.15) is 4.31 Å². The Balaban J connectivity index is 1.44. The molecule has 8 heteroatoms. The molecule has 0 radical (unpaired) electrons. The number of aryl methyl sites for hydroxylation is 1. The molecule has 0 saturated carbocycles. The molecule has 0 aliphatic carbocycles. The van der Waals surface area contributed by atoms with Crippen LogP contribution < -0.4 is 10.2 Å². The summed E-state index contributed by atoms with van der Waals surface area (Å²) in [4.78, 5) is 14.2. The van der Waals surface area contributed by atoms with Crippen LogP contribution in [0.5, 0.6) is 0 Å². The van der Waals surface area contributed by atoms with Gasteiger partial charge in [0.05, 0.1) is 11.3 Å². The van der Waals surface area contributed by atoms with Crippen LogP contribution in [0.4, 0.5) is 10.1 Å². The lowest BCUT2D eigenvalue weighted by atomic mass is 10.2. The Morgan fingerprint density at radius 3 is 2.48 bits per heavy atom. The highest BCUT2D eigenvalue weighted by molar-refractivity contribution is 7.89. The lowest BCUT2D eigenvalue weighted by Crippen LogP contribution is -2.49. The fourth-order valence-corrected chi connectivity index (χ4v) is 4.86. The molecule has 2 aromatic rings. The summed E-state index contributed by atoms with van der Waals surface area (Å²) in [5.74, 6) is -1.17. The van der Waals surface area contributed by atoms with Gasteiger partial charge in [0.15, 0.2) is 0 Å². The summed E-state index contributed by atoms with van der Waals surface area (Å²) in [5.41, 5.74) is 2.25. The molecule has 0 unspecified atom stereocenters. The average molecular weight is 420 g/mol. The molecular weight excluding hydrogens is 393 g/mol. The fraction of sp³-hybridized carbons (Fsp3) is 0.381. The quantitative estimate of drug-likeness (QED) is 0.700. The van der Waals surface area contributed by atoms with E-state index in [9.17, 15) is 17.6 Å². The second kappa shape index (κ2) is 9.37. The number of amides is 1. The number of benzene rings is 2. The molecule has 1 N–H and O–H groups in total. The predicted octanol–water partition coefficient (Wildman–Crippen LogP) is 2.41. The molecule has 1 saturated heterocycles. The number of halogens is 1. The molecule has 1 aliphatic heterocycles. The van der Waals surface area contributed by atoms with E-state index in [1.807, 2.05) is 25.1 Å². The molecule has 0 aromatic heterocycles. The number of nitrogens with one attached hydrogen (secondary N) is 1. The maximum atomic E-state index is 13.6. The van der Waals surface area contributed by atoms with Crippen molar-refractivity contribution in [2.75, 3.05) is 43.4 Å². The van der Waals surface area contributed by atoms with Gasteiger partial charge in [0, 0.05) is 38.4 Å². The van der Waals surface area contributed by atoms with Gasteiger partial charge in [0.1, 0.15) is 5.82 Å². The van der Waals surface area contributed by atoms with Crippen LogP contribution in [0.2, 0.25) is 0 Å². The third-order valence-corrected chi connectivity index (χ3v) is 6.94. The van der Waals surface area contributed by atoms with E-state index in [2.05, 4.69) is 16.3 Å². The second-order valence-electron chi connectivity index (χ2n) is 7.13. The standard InChI is InChI=1S/C21H26FN3O3S/c1-17-6-4-7-18(16-17)24-11-13-25(14-12-24)29(27,28)15-5-10-23-21(26)19-8-2-3-9-20(19)22/h2-4,6-9,16H,5,10-15H2,1H3,(H,23,26). The smallest absolute Gasteiger partial charge is 0.254 e. The van der Waals surface area contributed by atoms with Crippen molar-refractivity contribution in [3.8, 4) is 0 Å². The highest BCUT2D eigenvalue weighted by atomic mass is 32.2. The molecule has 3 rings (SSSR count). The molecule has 1 amide bonds. The summed E-state index contributed by atoms with van der Waals surface area (Å²) in [6, 6.07) is 13.9. The molecule has 29 heavy (non-hydrogen) atoms. The number of nitrogens with zero attached hydrogens (tertiary/aromatic N) is 2. The van der Waals surface area contributed by atoms with Crippen LogP contribution in [0, 0.1) is 12.7 Å². The third kappa shape index (κ3) is 5.55. The van der Waals surface area contributed by atoms with Crippen LogP contribution in [0.1, 0.15) is 22.3 Å². The number of sulfonamides is 1. The van der Waals surface area contributed by atoms with Crippen LogP contribution in [-0.4, -0.2) is 57.1 Å². The first-order valence-corrected chi connectivity index (χ1v) is 11.3. The first-order valence-electron chi connectivity index (χ1n) is 9.69. The summed E-state index contributed by atoms with van der Waals surface area (Å²) in [6.45, 7) is 4.39. The van der Waals surface area contributed by atoms with Gasteiger partial charge in [-0.1, -0.05) is 24.3 Å². The molecule has 1 aliphatic rings. The maximum Gasteiger partial charge on any atom is 0.254 e. The molecule has 1 fully saturated rings. The van der Waals surface area contributed by atoms with Crippen molar-refractivity contribution in [2.45, 2.75) is 13.3 Å². The van der Waals surface area contributed by atoms with Crippen molar-refractivity contribution in [3.63, 3.8) is 0 Å². The second-order valence-corrected chi connectivity index (χ2v) is 9.22. The summed E-state index contributed by atoms with van der Waals surface area (Å²) < 4.78 is 40.3. The van der Waals surface area contributed by atoms with Crippen molar-refractivity contribution >= 4 is 21.6 Å². The monoisotopic (exact) mass is 419 g/mol. The van der Waals surface area contributed by atoms with Gasteiger partial charge < -0.3 is 10.2 Å². The van der Waals surface area contributed by atoms with E-state index in [1.165, 1.54) is 28.1 Å². The lowest BCUT2D eigenvalue weighted by Gasteiger charge is -2.35. The number of carbonyl (C=O) groups excluding carboxylic acids is 1. The number of anilines is 1. The first-order chi connectivity index (χ1) is 13.9. The normalized spacial score (nSPS) is 15.3. The van der Waals surface area contributed by atoms with Gasteiger partial charge in [-0.25, -0.2) is 12.8 Å². The van der Waals surface area contributed by atoms with Crippen LogP contribution in [0.3, 0.4) is 0 Å². The summed E-state index contributed by atoms with van der Waals surface area (Å²) in [7, 11) is -3.39. The summed E-state index contributed by atoms with van der Waals surface area (Å²) in [6.07, 6.45) is 0.278. The van der Waals surface area contributed by atoms with Crippen molar-refractivity contribution < 1.29 is 17.6 Å². The van der Waals surface area contributed by atoms with E-state index in [-0.39, 0.29) is 24.3 Å². The topological polar surface area (TPSA) is 69.7 Å². The molecular formula is C21H26FN3O3S. The van der Waals surface area contributed by atoms with Crippen molar-refractivity contribution in [3.05, 3.63) is 65.5 Å². The number of hydrogen-bond donors (Lipinski definition) is 1. The summed E-state index contributed by atoms with van der Waals surface area (Å²) in [5, 5.41) is 2.58. The Hall–Kier alpha value is -2.45. The van der Waals surface area contributed by atoms with Crippen molar-refractivity contribution in [1.29, 1.82) is 0 Å². The lowest BCUT2D eigenvalue weighted by molar-refractivity contribution is 0.0949. The van der Waals surface area contributed by atoms with Gasteiger partial charge in [0.25, 0.3) is 5.91 Å². The minimum Gasteiger partial charge on any atom is -0.369 e. The SMILES string of the molecule is Cc1cccc(N2CCN(S(=O)(=O)CCCNC(=O)c3ccccc3F)CC2)c1. The largest absolute Gasteiger partial charge is 0.369 e. The minimum absolute atomic E-state index is 0.0392. The Morgan fingerprint density at radius 1 is 1.07 bits per heavy atom. The Bertz CT molecular complexity index is 957. The third-order valence-electron chi connectivity index (χ3n) is 4.98. The minimum atomic E-state index is -3.39. The van der Waals surface area contributed by atoms with Gasteiger partial charge in [-0.05, 0) is 43.2 Å². The van der Waals surface area contributed by atoms with Crippen molar-refractivity contribution in [2.24, 2.45) is 0 Å². The Morgan fingerprint density at radius 2 is 1.79 bits per heavy atom. The first kappa shape index (κ1) is 21.3. The average Bonchev–Trinajstić information content (AvgIpc) is 2.71. The van der Waals surface area contributed by atoms with E-state index in [1.54, 1.807) is 6.07 Å². The molecule has 0 bridgehead atoms. The van der Waals surface area contributed by atoms with Crippen LogP contribution in [0.15, 0.2) is 48.5 Å². The highest BCUT2D eigenvalue weighted by Crippen LogP contribution is 2.19. The van der Waals surface area contributed by atoms with Gasteiger partial charge in [-0.3, -0.25) is 4.79 Å². The number of carbonyl (C=O) groups is 1. The molecule has 0 atom stereocenters. The zero-order valence-corrected chi connectivity index (χ0v) is 17.3. The predicted molar refractivity (Wildman–Crippen MR) is 112 cm³/mol. The fourth-order valence-electron chi connectivity index (χ4n) is 3.38. The van der Waals surface area contributed by atoms with Crippen LogP contribution in [0.25, 0.3) is 0 Å². The van der Waals surface area contributed by atoms with E-state index < -0.39 is 21.7 Å². The van der Waals surface area contributed by atoms with Crippen LogP contribution >= 0.6 is 0 Å². The van der Waals surface area contributed by atoms with Crippen LogP contribution in [-0.2, 0) is 10.0 Å². The maximum absolute atomic E-state index is 13.6.